The summed E-state index contributed by atoms with van der Waals surface area (Å²) in [6, 6.07) is 8.85. The number of hydrogen-bond donors (Lipinski definition) is 1. The smallest absolute Gasteiger partial charge is 0.355 e. The number of methoxy groups -OCH3 is 1. The van der Waals surface area contributed by atoms with Gasteiger partial charge in [0, 0.05) is 16.2 Å². The fraction of sp³-hybridized carbons (Fsp3) is 0.133. The van der Waals surface area contributed by atoms with Crippen LogP contribution < -0.4 is 4.74 Å². The molecule has 0 aliphatic rings. The SMILES string of the molecule is COc1ccc(-c2noc(COC(=O)c3cc(Br)c[nH]3)n2)cc1. The molecule has 0 saturated heterocycles. The minimum absolute atomic E-state index is 0.0986. The standard InChI is InChI=1S/C15H12BrN3O4/c1-21-11-4-2-9(3-5-11)14-18-13(23-19-14)8-22-15(20)12-6-10(16)7-17-12/h2-7,17H,8H2,1H3. The highest BCUT2D eigenvalue weighted by molar-refractivity contribution is 9.10. The van der Waals surface area contributed by atoms with Crippen LogP contribution in [-0.2, 0) is 11.3 Å². The van der Waals surface area contributed by atoms with Crippen LogP contribution in [0.15, 0.2) is 45.5 Å². The highest BCUT2D eigenvalue weighted by atomic mass is 79.9. The van der Waals surface area contributed by atoms with Gasteiger partial charge < -0.3 is 19.0 Å². The molecule has 1 N–H and O–H groups in total. The Hall–Kier alpha value is -2.61. The van der Waals surface area contributed by atoms with E-state index in [1.165, 1.54) is 0 Å². The number of ether oxygens (including phenoxy) is 2. The van der Waals surface area contributed by atoms with Gasteiger partial charge in [-0.2, -0.15) is 4.98 Å². The second-order valence-corrected chi connectivity index (χ2v) is 5.46. The van der Waals surface area contributed by atoms with Gasteiger partial charge in [-0.05, 0) is 46.3 Å². The molecule has 0 bridgehead atoms. The molecule has 0 spiro atoms. The minimum Gasteiger partial charge on any atom is -0.497 e. The van der Waals surface area contributed by atoms with Gasteiger partial charge >= 0.3 is 5.97 Å². The van der Waals surface area contributed by atoms with E-state index >= 15 is 0 Å². The normalized spacial score (nSPS) is 10.5. The van der Waals surface area contributed by atoms with E-state index in [2.05, 4.69) is 31.1 Å². The molecule has 0 atom stereocenters. The van der Waals surface area contributed by atoms with Crippen LogP contribution in [0.1, 0.15) is 16.4 Å². The molecule has 7 nitrogen and oxygen atoms in total. The average Bonchev–Trinajstić information content (AvgIpc) is 3.22. The molecule has 118 valence electrons. The van der Waals surface area contributed by atoms with E-state index in [4.69, 9.17) is 14.0 Å². The zero-order valence-electron chi connectivity index (χ0n) is 12.1. The van der Waals surface area contributed by atoms with E-state index in [1.54, 1.807) is 31.5 Å². The largest absolute Gasteiger partial charge is 0.497 e. The molecule has 3 aromatic rings. The third-order valence-corrected chi connectivity index (χ3v) is 3.47. The summed E-state index contributed by atoms with van der Waals surface area (Å²) in [6.45, 7) is -0.0986. The summed E-state index contributed by atoms with van der Waals surface area (Å²) in [5.41, 5.74) is 1.12. The first kappa shape index (κ1) is 15.3. The van der Waals surface area contributed by atoms with Gasteiger partial charge in [-0.3, -0.25) is 0 Å². The van der Waals surface area contributed by atoms with E-state index in [9.17, 15) is 4.79 Å². The summed E-state index contributed by atoms with van der Waals surface area (Å²) in [7, 11) is 1.60. The fourth-order valence-electron chi connectivity index (χ4n) is 1.86. The summed E-state index contributed by atoms with van der Waals surface area (Å²) in [5.74, 6) is 0.875. The zero-order chi connectivity index (χ0) is 16.2. The molecular weight excluding hydrogens is 366 g/mol. The number of nitrogens with zero attached hydrogens (tertiary/aromatic N) is 2. The van der Waals surface area contributed by atoms with E-state index < -0.39 is 5.97 Å². The Morgan fingerprint density at radius 1 is 1.35 bits per heavy atom. The van der Waals surface area contributed by atoms with Crippen LogP contribution in [0.2, 0.25) is 0 Å². The zero-order valence-corrected chi connectivity index (χ0v) is 13.7. The number of H-pyrrole nitrogens is 1. The van der Waals surface area contributed by atoms with Crippen molar-refractivity contribution in [2.24, 2.45) is 0 Å². The van der Waals surface area contributed by atoms with Gasteiger partial charge in [-0.15, -0.1) is 0 Å². The topological polar surface area (TPSA) is 90.2 Å². The Kier molecular flexibility index (Phi) is 4.42. The molecule has 2 heterocycles. The monoisotopic (exact) mass is 377 g/mol. The number of nitrogens with one attached hydrogen (secondary N) is 1. The first-order valence-electron chi connectivity index (χ1n) is 6.64. The summed E-state index contributed by atoms with van der Waals surface area (Å²) in [5, 5.41) is 3.86. The van der Waals surface area contributed by atoms with Gasteiger partial charge in [0.1, 0.15) is 11.4 Å². The number of rotatable bonds is 5. The lowest BCUT2D eigenvalue weighted by atomic mass is 10.2. The number of esters is 1. The second-order valence-electron chi connectivity index (χ2n) is 4.55. The Labute approximate surface area is 139 Å². The Balaban J connectivity index is 1.63. The number of aromatic nitrogens is 3. The van der Waals surface area contributed by atoms with Gasteiger partial charge in [-0.1, -0.05) is 5.16 Å². The Morgan fingerprint density at radius 3 is 2.78 bits per heavy atom. The molecule has 23 heavy (non-hydrogen) atoms. The van der Waals surface area contributed by atoms with Gasteiger partial charge in [0.05, 0.1) is 7.11 Å². The highest BCUT2D eigenvalue weighted by Gasteiger charge is 2.13. The van der Waals surface area contributed by atoms with E-state index in [0.29, 0.717) is 11.5 Å². The number of carbonyl (C=O) groups excluding carboxylic acids is 1. The van der Waals surface area contributed by atoms with Gasteiger partial charge in [0.15, 0.2) is 6.61 Å². The molecule has 0 amide bonds. The maximum Gasteiger partial charge on any atom is 0.355 e. The lowest BCUT2D eigenvalue weighted by Gasteiger charge is -1.99. The van der Waals surface area contributed by atoms with Crippen molar-refractivity contribution < 1.29 is 18.8 Å². The molecule has 3 rings (SSSR count). The van der Waals surface area contributed by atoms with Crippen molar-refractivity contribution in [2.45, 2.75) is 6.61 Å². The fourth-order valence-corrected chi connectivity index (χ4v) is 2.21. The molecule has 0 saturated carbocycles. The molecular formula is C15H12BrN3O4. The summed E-state index contributed by atoms with van der Waals surface area (Å²) >= 11 is 3.25. The van der Waals surface area contributed by atoms with Crippen molar-refractivity contribution in [1.29, 1.82) is 0 Å². The molecule has 0 fully saturated rings. The van der Waals surface area contributed by atoms with Crippen LogP contribution in [0.4, 0.5) is 0 Å². The maximum atomic E-state index is 11.8. The lowest BCUT2D eigenvalue weighted by molar-refractivity contribution is 0.0423. The van der Waals surface area contributed by atoms with Gasteiger partial charge in [-0.25, -0.2) is 4.79 Å². The minimum atomic E-state index is -0.500. The first-order chi connectivity index (χ1) is 11.2. The van der Waals surface area contributed by atoms with Crippen molar-refractivity contribution in [3.63, 3.8) is 0 Å². The van der Waals surface area contributed by atoms with Crippen LogP contribution in [0.5, 0.6) is 5.75 Å². The maximum absolute atomic E-state index is 11.8. The van der Waals surface area contributed by atoms with Crippen LogP contribution in [0.3, 0.4) is 0 Å². The number of halogens is 1. The van der Waals surface area contributed by atoms with Crippen LogP contribution in [0, 0.1) is 0 Å². The summed E-state index contributed by atoms with van der Waals surface area (Å²) in [4.78, 5) is 18.8. The molecule has 0 unspecified atom stereocenters. The van der Waals surface area contributed by atoms with Gasteiger partial charge in [0.25, 0.3) is 5.89 Å². The second kappa shape index (κ2) is 6.66. The average molecular weight is 378 g/mol. The van der Waals surface area contributed by atoms with Crippen molar-refractivity contribution in [1.82, 2.24) is 15.1 Å². The predicted octanol–water partition coefficient (Wildman–Crippen LogP) is 3.19. The van der Waals surface area contributed by atoms with Crippen LogP contribution in [-0.4, -0.2) is 28.2 Å². The molecule has 0 aliphatic heterocycles. The summed E-state index contributed by atoms with van der Waals surface area (Å²) in [6.07, 6.45) is 1.64. The molecule has 2 aromatic heterocycles. The van der Waals surface area contributed by atoms with Crippen molar-refractivity contribution >= 4 is 21.9 Å². The van der Waals surface area contributed by atoms with E-state index in [-0.39, 0.29) is 12.5 Å². The van der Waals surface area contributed by atoms with Crippen molar-refractivity contribution in [2.75, 3.05) is 7.11 Å². The number of hydrogen-bond acceptors (Lipinski definition) is 6. The number of benzene rings is 1. The first-order valence-corrected chi connectivity index (χ1v) is 7.43. The van der Waals surface area contributed by atoms with Crippen LogP contribution >= 0.6 is 15.9 Å². The molecule has 8 heteroatoms. The number of carbonyl (C=O) groups is 1. The quantitative estimate of drug-likeness (QED) is 0.686. The number of aromatic amines is 1. The predicted molar refractivity (Wildman–Crippen MR) is 83.9 cm³/mol. The van der Waals surface area contributed by atoms with E-state index in [1.807, 2.05) is 12.1 Å². The van der Waals surface area contributed by atoms with E-state index in [0.717, 1.165) is 15.8 Å². The Morgan fingerprint density at radius 2 is 2.13 bits per heavy atom. The van der Waals surface area contributed by atoms with Gasteiger partial charge in [0.2, 0.25) is 5.82 Å². The lowest BCUT2D eigenvalue weighted by Crippen LogP contribution is -2.05. The molecule has 1 aromatic carbocycles. The Bertz CT molecular complexity index is 810. The third-order valence-electron chi connectivity index (χ3n) is 3.01. The summed E-state index contributed by atoms with van der Waals surface area (Å²) < 4.78 is 16.0. The molecule has 0 radical (unpaired) electrons. The van der Waals surface area contributed by atoms with Crippen LogP contribution in [0.25, 0.3) is 11.4 Å². The highest BCUT2D eigenvalue weighted by Crippen LogP contribution is 2.20. The molecule has 0 aliphatic carbocycles. The van der Waals surface area contributed by atoms with Crippen molar-refractivity contribution in [3.8, 4) is 17.1 Å². The third kappa shape index (κ3) is 3.59. The van der Waals surface area contributed by atoms with Crippen molar-refractivity contribution in [3.05, 3.63) is 52.6 Å².